The molecule has 0 aliphatic heterocycles. The molecule has 0 fully saturated rings. The summed E-state index contributed by atoms with van der Waals surface area (Å²) in [6, 6.07) is 1.77. The van der Waals surface area contributed by atoms with E-state index in [1.165, 1.54) is 0 Å². The van der Waals surface area contributed by atoms with Gasteiger partial charge in [0, 0.05) is 13.2 Å². The van der Waals surface area contributed by atoms with Crippen molar-refractivity contribution in [3.63, 3.8) is 0 Å². The molecule has 1 heterocycles. The molecule has 0 saturated heterocycles. The molecule has 56 valence electrons. The first-order chi connectivity index (χ1) is 4.74. The van der Waals surface area contributed by atoms with Crippen LogP contribution in [0.2, 0.25) is 0 Å². The third-order valence-electron chi connectivity index (χ3n) is 1.05. The predicted molar refractivity (Wildman–Crippen MR) is 46.6 cm³/mol. The van der Waals surface area contributed by atoms with Crippen LogP contribution in [0.5, 0.6) is 0 Å². The van der Waals surface area contributed by atoms with Crippen LogP contribution in [0.4, 0.5) is 5.88 Å². The molecule has 0 bridgehead atoms. The van der Waals surface area contributed by atoms with Crippen molar-refractivity contribution in [3.8, 4) is 0 Å². The summed E-state index contributed by atoms with van der Waals surface area (Å²) >= 11 is 2.15. The summed E-state index contributed by atoms with van der Waals surface area (Å²) in [7, 11) is 1.62. The molecule has 4 heteroatoms. The lowest BCUT2D eigenvalue weighted by Crippen LogP contribution is -1.85. The molecule has 10 heavy (non-hydrogen) atoms. The Morgan fingerprint density at radius 1 is 1.80 bits per heavy atom. The van der Waals surface area contributed by atoms with E-state index in [1.807, 2.05) is 0 Å². The SMILES string of the molecule is COCc1oc(N)cc1I. The smallest absolute Gasteiger partial charge is 0.191 e. The summed E-state index contributed by atoms with van der Waals surface area (Å²) in [4.78, 5) is 0. The molecule has 0 saturated carbocycles. The van der Waals surface area contributed by atoms with Gasteiger partial charge in [-0.2, -0.15) is 0 Å². The number of hydrogen-bond donors (Lipinski definition) is 1. The summed E-state index contributed by atoms with van der Waals surface area (Å²) in [6.45, 7) is 0.482. The summed E-state index contributed by atoms with van der Waals surface area (Å²) < 4.78 is 11.0. The van der Waals surface area contributed by atoms with Gasteiger partial charge < -0.3 is 14.9 Å². The maximum absolute atomic E-state index is 5.38. The molecule has 0 spiro atoms. The van der Waals surface area contributed by atoms with Crippen LogP contribution >= 0.6 is 22.6 Å². The highest BCUT2D eigenvalue weighted by Crippen LogP contribution is 2.19. The van der Waals surface area contributed by atoms with E-state index in [0.717, 1.165) is 9.33 Å². The summed E-state index contributed by atoms with van der Waals surface area (Å²) in [5, 5.41) is 0. The number of halogens is 1. The highest BCUT2D eigenvalue weighted by molar-refractivity contribution is 14.1. The first-order valence-corrected chi connectivity index (χ1v) is 3.84. The predicted octanol–water partition coefficient (Wildman–Crippen LogP) is 1.61. The second-order valence-electron chi connectivity index (χ2n) is 1.85. The number of rotatable bonds is 2. The second-order valence-corrected chi connectivity index (χ2v) is 3.02. The van der Waals surface area contributed by atoms with Crippen LogP contribution in [0.15, 0.2) is 10.5 Å². The minimum absolute atomic E-state index is 0.441. The summed E-state index contributed by atoms with van der Waals surface area (Å²) in [5.74, 6) is 1.23. The molecule has 0 aliphatic rings. The van der Waals surface area contributed by atoms with Gasteiger partial charge in [-0.3, -0.25) is 0 Å². The number of ether oxygens (including phenoxy) is 1. The first kappa shape index (κ1) is 7.87. The van der Waals surface area contributed by atoms with Crippen LogP contribution in [-0.2, 0) is 11.3 Å². The fraction of sp³-hybridized carbons (Fsp3) is 0.333. The number of nitrogens with two attached hydrogens (primary N) is 1. The maximum Gasteiger partial charge on any atom is 0.191 e. The van der Waals surface area contributed by atoms with Gasteiger partial charge in [-0.05, 0) is 22.6 Å². The van der Waals surface area contributed by atoms with E-state index in [0.29, 0.717) is 12.5 Å². The average molecular weight is 253 g/mol. The molecule has 0 amide bonds. The Morgan fingerprint density at radius 3 is 2.90 bits per heavy atom. The molecule has 1 aromatic rings. The number of methoxy groups -OCH3 is 1. The Bertz CT molecular complexity index is 222. The summed E-state index contributed by atoms with van der Waals surface area (Å²) in [5.41, 5.74) is 5.38. The Labute approximate surface area is 72.7 Å². The van der Waals surface area contributed by atoms with Gasteiger partial charge in [-0.25, -0.2) is 0 Å². The number of furan rings is 1. The highest BCUT2D eigenvalue weighted by atomic mass is 127. The Kier molecular flexibility index (Phi) is 2.56. The van der Waals surface area contributed by atoms with E-state index >= 15 is 0 Å². The lowest BCUT2D eigenvalue weighted by molar-refractivity contribution is 0.164. The number of nitrogen functional groups attached to an aromatic ring is 1. The van der Waals surface area contributed by atoms with Crippen LogP contribution < -0.4 is 5.73 Å². The Hall–Kier alpha value is -0.230. The van der Waals surface area contributed by atoms with Crippen molar-refractivity contribution in [1.29, 1.82) is 0 Å². The van der Waals surface area contributed by atoms with Gasteiger partial charge in [-0.15, -0.1) is 0 Å². The van der Waals surface area contributed by atoms with Crippen LogP contribution in [0.25, 0.3) is 0 Å². The van der Waals surface area contributed by atoms with Crippen LogP contribution in [0.3, 0.4) is 0 Å². The largest absolute Gasteiger partial charge is 0.442 e. The molecule has 0 aromatic carbocycles. The lowest BCUT2D eigenvalue weighted by atomic mass is 10.5. The lowest BCUT2D eigenvalue weighted by Gasteiger charge is -1.92. The maximum atomic E-state index is 5.38. The van der Waals surface area contributed by atoms with Crippen molar-refractivity contribution in [2.24, 2.45) is 0 Å². The molecule has 1 rings (SSSR count). The minimum atomic E-state index is 0.441. The van der Waals surface area contributed by atoms with Crippen LogP contribution in [-0.4, -0.2) is 7.11 Å². The highest BCUT2D eigenvalue weighted by Gasteiger charge is 2.04. The van der Waals surface area contributed by atoms with Gasteiger partial charge >= 0.3 is 0 Å². The van der Waals surface area contributed by atoms with E-state index in [1.54, 1.807) is 13.2 Å². The van der Waals surface area contributed by atoms with E-state index in [4.69, 9.17) is 14.9 Å². The number of hydrogen-bond acceptors (Lipinski definition) is 3. The topological polar surface area (TPSA) is 48.4 Å². The molecular weight excluding hydrogens is 245 g/mol. The first-order valence-electron chi connectivity index (χ1n) is 2.76. The molecule has 3 nitrogen and oxygen atoms in total. The van der Waals surface area contributed by atoms with Crippen LogP contribution in [0, 0.1) is 3.57 Å². The van der Waals surface area contributed by atoms with Crippen molar-refractivity contribution < 1.29 is 9.15 Å². The molecule has 0 atom stereocenters. The molecule has 0 radical (unpaired) electrons. The Balaban J connectivity index is 2.81. The van der Waals surface area contributed by atoms with Crippen molar-refractivity contribution in [1.82, 2.24) is 0 Å². The van der Waals surface area contributed by atoms with Crippen molar-refractivity contribution in [2.45, 2.75) is 6.61 Å². The van der Waals surface area contributed by atoms with Gasteiger partial charge in [0.15, 0.2) is 5.88 Å². The molecule has 1 aromatic heterocycles. The Morgan fingerprint density at radius 2 is 2.50 bits per heavy atom. The standard InChI is InChI=1S/C6H8INO2/c1-9-3-5-4(7)2-6(8)10-5/h2H,3,8H2,1H3. The zero-order valence-electron chi connectivity index (χ0n) is 5.56. The fourth-order valence-corrected chi connectivity index (χ4v) is 1.23. The zero-order chi connectivity index (χ0) is 7.56. The molecule has 0 unspecified atom stereocenters. The van der Waals surface area contributed by atoms with Crippen molar-refractivity contribution in [2.75, 3.05) is 12.8 Å². The molecule has 2 N–H and O–H groups in total. The second kappa shape index (κ2) is 3.25. The third-order valence-corrected chi connectivity index (χ3v) is 1.96. The van der Waals surface area contributed by atoms with E-state index in [2.05, 4.69) is 22.6 Å². The van der Waals surface area contributed by atoms with Gasteiger partial charge in [0.1, 0.15) is 12.4 Å². The van der Waals surface area contributed by atoms with Gasteiger partial charge in [-0.1, -0.05) is 0 Å². The molecule has 0 aliphatic carbocycles. The average Bonchev–Trinajstić information content (AvgIpc) is 2.13. The van der Waals surface area contributed by atoms with E-state index in [-0.39, 0.29) is 0 Å². The zero-order valence-corrected chi connectivity index (χ0v) is 7.71. The van der Waals surface area contributed by atoms with E-state index < -0.39 is 0 Å². The molecular formula is C6H8INO2. The minimum Gasteiger partial charge on any atom is -0.442 e. The van der Waals surface area contributed by atoms with Crippen LogP contribution in [0.1, 0.15) is 5.76 Å². The third kappa shape index (κ3) is 1.63. The van der Waals surface area contributed by atoms with E-state index in [9.17, 15) is 0 Å². The van der Waals surface area contributed by atoms with Crippen molar-refractivity contribution >= 4 is 28.5 Å². The van der Waals surface area contributed by atoms with Crippen molar-refractivity contribution in [3.05, 3.63) is 15.4 Å². The monoisotopic (exact) mass is 253 g/mol. The normalized spacial score (nSPS) is 10.2. The summed E-state index contributed by atoms with van der Waals surface area (Å²) in [6.07, 6.45) is 0. The number of anilines is 1. The van der Waals surface area contributed by atoms with Gasteiger partial charge in [0.05, 0.1) is 3.57 Å². The fourth-order valence-electron chi connectivity index (χ4n) is 0.655. The quantitative estimate of drug-likeness (QED) is 0.814. The van der Waals surface area contributed by atoms with Gasteiger partial charge in [0.2, 0.25) is 0 Å². The van der Waals surface area contributed by atoms with Gasteiger partial charge in [0.25, 0.3) is 0 Å².